The van der Waals surface area contributed by atoms with Crippen molar-refractivity contribution in [3.63, 3.8) is 0 Å². The molecule has 0 aromatic rings. The van der Waals surface area contributed by atoms with E-state index in [1.54, 1.807) is 0 Å². The zero-order valence-electron chi connectivity index (χ0n) is 6.33. The van der Waals surface area contributed by atoms with E-state index in [1.807, 2.05) is 6.92 Å². The molecule has 1 saturated carbocycles. The van der Waals surface area contributed by atoms with Crippen LogP contribution in [0.4, 0.5) is 0 Å². The molecule has 4 heteroatoms. The number of carbonyl (C=O) groups excluding carboxylic acids is 1. The maximum absolute atomic E-state index is 10.6. The second kappa shape index (κ2) is 2.30. The summed E-state index contributed by atoms with van der Waals surface area (Å²) in [6.45, 7) is 1.91. The first-order chi connectivity index (χ1) is 5.25. The summed E-state index contributed by atoms with van der Waals surface area (Å²) in [4.78, 5) is 19.9. The van der Waals surface area contributed by atoms with Gasteiger partial charge in [0.05, 0.1) is 5.92 Å². The van der Waals surface area contributed by atoms with Crippen LogP contribution in [-0.4, -0.2) is 17.8 Å². The standard InChI is InChI=1S/C7H10N2O2/c1-4-8-7(11-9-4)5-2-6(10)3-5/h4-5,9H,2-3H2,1H3. The van der Waals surface area contributed by atoms with Gasteiger partial charge in [-0.1, -0.05) is 0 Å². The number of rotatable bonds is 1. The molecule has 0 aromatic heterocycles. The average Bonchev–Trinajstić information content (AvgIpc) is 2.29. The number of nitrogens with one attached hydrogen (secondary N) is 1. The van der Waals surface area contributed by atoms with Crippen molar-refractivity contribution in [2.24, 2.45) is 10.9 Å². The van der Waals surface area contributed by atoms with Crippen LogP contribution in [0.2, 0.25) is 0 Å². The monoisotopic (exact) mass is 154 g/mol. The van der Waals surface area contributed by atoms with E-state index in [4.69, 9.17) is 4.84 Å². The Morgan fingerprint density at radius 3 is 2.82 bits per heavy atom. The lowest BCUT2D eigenvalue weighted by molar-refractivity contribution is -0.125. The third-order valence-electron chi connectivity index (χ3n) is 1.95. The first kappa shape index (κ1) is 6.79. The predicted molar refractivity (Wildman–Crippen MR) is 38.8 cm³/mol. The minimum Gasteiger partial charge on any atom is -0.391 e. The highest BCUT2D eigenvalue weighted by molar-refractivity contribution is 5.96. The first-order valence-electron chi connectivity index (χ1n) is 3.77. The van der Waals surface area contributed by atoms with Crippen molar-refractivity contribution in [2.45, 2.75) is 25.9 Å². The fraction of sp³-hybridized carbons (Fsp3) is 0.714. The smallest absolute Gasteiger partial charge is 0.215 e. The molecule has 60 valence electrons. The van der Waals surface area contributed by atoms with Crippen molar-refractivity contribution < 1.29 is 9.63 Å². The molecule has 0 spiro atoms. The maximum atomic E-state index is 10.6. The molecule has 1 unspecified atom stereocenters. The molecule has 4 nitrogen and oxygen atoms in total. The van der Waals surface area contributed by atoms with Crippen LogP contribution in [0.5, 0.6) is 0 Å². The van der Waals surface area contributed by atoms with Gasteiger partial charge in [0.25, 0.3) is 0 Å². The minimum absolute atomic E-state index is 0.0423. The third-order valence-corrected chi connectivity index (χ3v) is 1.95. The van der Waals surface area contributed by atoms with E-state index in [0.29, 0.717) is 24.5 Å². The molecule has 2 aliphatic rings. The Balaban J connectivity index is 1.96. The van der Waals surface area contributed by atoms with Crippen molar-refractivity contribution in [3.05, 3.63) is 0 Å². The van der Waals surface area contributed by atoms with Gasteiger partial charge in [0, 0.05) is 12.8 Å². The van der Waals surface area contributed by atoms with Gasteiger partial charge in [-0.2, -0.15) is 0 Å². The van der Waals surface area contributed by atoms with Crippen molar-refractivity contribution >= 4 is 11.7 Å². The Hall–Kier alpha value is -0.900. The lowest BCUT2D eigenvalue weighted by Crippen LogP contribution is -2.31. The van der Waals surface area contributed by atoms with Crippen molar-refractivity contribution in [1.82, 2.24) is 5.48 Å². The molecule has 0 radical (unpaired) electrons. The van der Waals surface area contributed by atoms with E-state index in [0.717, 1.165) is 0 Å². The molecule has 1 heterocycles. The van der Waals surface area contributed by atoms with Crippen molar-refractivity contribution in [2.75, 3.05) is 0 Å². The summed E-state index contributed by atoms with van der Waals surface area (Å²) < 4.78 is 0. The SMILES string of the molecule is CC1N=C(C2CC(=O)C2)ON1. The van der Waals surface area contributed by atoms with Crippen LogP contribution in [0.1, 0.15) is 19.8 Å². The second-order valence-electron chi connectivity index (χ2n) is 3.01. The molecule has 0 bridgehead atoms. The predicted octanol–water partition coefficient (Wildman–Crippen LogP) is 0.245. The van der Waals surface area contributed by atoms with E-state index in [2.05, 4.69) is 10.5 Å². The third kappa shape index (κ3) is 1.14. The number of hydroxylamine groups is 1. The minimum atomic E-state index is 0.0423. The first-order valence-corrected chi connectivity index (χ1v) is 3.77. The van der Waals surface area contributed by atoms with Crippen LogP contribution < -0.4 is 5.48 Å². The quantitative estimate of drug-likeness (QED) is 0.588. The summed E-state index contributed by atoms with van der Waals surface area (Å²) in [6, 6.07) is 0. The summed E-state index contributed by atoms with van der Waals surface area (Å²) >= 11 is 0. The van der Waals surface area contributed by atoms with E-state index in [1.165, 1.54) is 0 Å². The number of Topliss-reactive ketones (excluding diaryl/α,β-unsaturated/α-hetero) is 1. The van der Waals surface area contributed by atoms with Crippen molar-refractivity contribution in [1.29, 1.82) is 0 Å². The molecule has 2 rings (SSSR count). The van der Waals surface area contributed by atoms with Gasteiger partial charge in [0.2, 0.25) is 5.90 Å². The number of ketones is 1. The molecule has 1 N–H and O–H groups in total. The van der Waals surface area contributed by atoms with Gasteiger partial charge in [-0.15, -0.1) is 5.48 Å². The lowest BCUT2D eigenvalue weighted by atomic mass is 9.84. The fourth-order valence-electron chi connectivity index (χ4n) is 1.24. The molecule has 0 amide bonds. The Labute approximate surface area is 64.6 Å². The topological polar surface area (TPSA) is 50.7 Å². The number of hydrogen-bond donors (Lipinski definition) is 1. The number of hydrogen-bond acceptors (Lipinski definition) is 4. The highest BCUT2D eigenvalue weighted by Crippen LogP contribution is 2.26. The molecular formula is C7H10N2O2. The van der Waals surface area contributed by atoms with Crippen molar-refractivity contribution in [3.8, 4) is 0 Å². The maximum Gasteiger partial charge on any atom is 0.215 e. The zero-order chi connectivity index (χ0) is 7.84. The molecule has 1 aliphatic carbocycles. The lowest BCUT2D eigenvalue weighted by Gasteiger charge is -2.21. The van der Waals surface area contributed by atoms with E-state index >= 15 is 0 Å². The van der Waals surface area contributed by atoms with Gasteiger partial charge in [-0.3, -0.25) is 4.79 Å². The van der Waals surface area contributed by atoms with Gasteiger partial charge >= 0.3 is 0 Å². The largest absolute Gasteiger partial charge is 0.391 e. The number of nitrogens with zero attached hydrogens (tertiary/aromatic N) is 1. The fourth-order valence-corrected chi connectivity index (χ4v) is 1.24. The number of carbonyl (C=O) groups is 1. The molecule has 11 heavy (non-hydrogen) atoms. The number of aliphatic imine (C=N–C) groups is 1. The van der Waals surface area contributed by atoms with Crippen LogP contribution in [-0.2, 0) is 9.63 Å². The normalized spacial score (nSPS) is 31.2. The van der Waals surface area contributed by atoms with Gasteiger partial charge in [0.1, 0.15) is 11.9 Å². The molecule has 1 aliphatic heterocycles. The summed E-state index contributed by atoms with van der Waals surface area (Å²) in [7, 11) is 0. The van der Waals surface area contributed by atoms with Gasteiger partial charge < -0.3 is 4.84 Å². The molecule has 1 fully saturated rings. The van der Waals surface area contributed by atoms with Crippen LogP contribution in [0.15, 0.2) is 4.99 Å². The zero-order valence-corrected chi connectivity index (χ0v) is 6.33. The van der Waals surface area contributed by atoms with Crippen LogP contribution >= 0.6 is 0 Å². The Bertz CT molecular complexity index is 216. The average molecular weight is 154 g/mol. The summed E-state index contributed by atoms with van der Waals surface area (Å²) in [5.74, 6) is 1.26. The highest BCUT2D eigenvalue weighted by atomic mass is 16.7. The Morgan fingerprint density at radius 1 is 1.64 bits per heavy atom. The van der Waals surface area contributed by atoms with Crippen LogP contribution in [0.3, 0.4) is 0 Å². The summed E-state index contributed by atoms with van der Waals surface area (Å²) in [5, 5.41) is 0. The van der Waals surface area contributed by atoms with Gasteiger partial charge in [0.15, 0.2) is 0 Å². The molecular weight excluding hydrogens is 144 g/mol. The molecule has 0 saturated heterocycles. The summed E-state index contributed by atoms with van der Waals surface area (Å²) in [5.41, 5.74) is 2.72. The van der Waals surface area contributed by atoms with Gasteiger partial charge in [-0.25, -0.2) is 4.99 Å². The van der Waals surface area contributed by atoms with Crippen LogP contribution in [0.25, 0.3) is 0 Å². The van der Waals surface area contributed by atoms with Gasteiger partial charge in [-0.05, 0) is 6.92 Å². The van der Waals surface area contributed by atoms with E-state index < -0.39 is 0 Å². The van der Waals surface area contributed by atoms with Crippen LogP contribution in [0, 0.1) is 5.92 Å². The molecule has 1 atom stereocenters. The highest BCUT2D eigenvalue weighted by Gasteiger charge is 2.34. The second-order valence-corrected chi connectivity index (χ2v) is 3.01. The molecule has 0 aromatic carbocycles. The van der Waals surface area contributed by atoms with E-state index in [9.17, 15) is 4.79 Å². The van der Waals surface area contributed by atoms with E-state index in [-0.39, 0.29) is 12.1 Å². The Kier molecular flexibility index (Phi) is 1.42. The Morgan fingerprint density at radius 2 is 2.36 bits per heavy atom. The summed E-state index contributed by atoms with van der Waals surface area (Å²) in [6.07, 6.45) is 1.25.